The molecule has 5 aromatic rings. The molecule has 1 saturated heterocycles. The number of aliphatic hydroxyl groups excluding tert-OH is 1. The molecule has 4 N–H and O–H groups in total. The molecule has 1 aliphatic rings. The van der Waals surface area contributed by atoms with E-state index in [1.54, 1.807) is 28.9 Å². The molecule has 12 heteroatoms. The molecule has 1 aromatic heterocycles. The molecule has 6 rings (SSSR count). The molecule has 0 spiro atoms. The lowest BCUT2D eigenvalue weighted by Gasteiger charge is -2.41. The molecule has 2 amide bonds. The zero-order valence-corrected chi connectivity index (χ0v) is 27.5. The third-order valence-electron chi connectivity index (χ3n) is 8.27. The standard InChI is InChI=1S/C36H38N6O5S/c1-3-37-35(45)38-20-25-5-4-6-29(19-25)26-11-13-28(14-12-26)34-46-32(23(2)33(47-34)27-9-7-24(21-43)8-10-27)22-48-36-39-40-41-42(36)30-15-17-31(44)18-16-30/h4-19,23,32-34,43-44H,3,20-22H2,1-2H3,(H2,37,38,45)/t23-,32+,33+,34+/m0/s1. The van der Waals surface area contributed by atoms with Crippen molar-refractivity contribution in [2.24, 2.45) is 5.92 Å². The van der Waals surface area contributed by atoms with E-state index in [-0.39, 0.29) is 36.5 Å². The quantitative estimate of drug-likeness (QED) is 0.126. The van der Waals surface area contributed by atoms with Crippen molar-refractivity contribution in [1.29, 1.82) is 0 Å². The Kier molecular flexibility index (Phi) is 10.7. The minimum absolute atomic E-state index is 0.0123. The van der Waals surface area contributed by atoms with Crippen LogP contribution in [0, 0.1) is 5.92 Å². The molecule has 4 aromatic carbocycles. The molecule has 0 aliphatic carbocycles. The van der Waals surface area contributed by atoms with Gasteiger partial charge in [0, 0.05) is 30.3 Å². The van der Waals surface area contributed by atoms with Crippen molar-refractivity contribution in [3.05, 3.63) is 119 Å². The van der Waals surface area contributed by atoms with Crippen molar-refractivity contribution in [3.8, 4) is 22.6 Å². The molecule has 11 nitrogen and oxygen atoms in total. The van der Waals surface area contributed by atoms with E-state index in [4.69, 9.17) is 9.47 Å². The summed E-state index contributed by atoms with van der Waals surface area (Å²) in [6, 6.07) is 30.6. The van der Waals surface area contributed by atoms with Crippen molar-refractivity contribution in [1.82, 2.24) is 30.8 Å². The van der Waals surface area contributed by atoms with Gasteiger partial charge in [-0.1, -0.05) is 85.4 Å². The maximum atomic E-state index is 11.9. The summed E-state index contributed by atoms with van der Waals surface area (Å²) >= 11 is 1.49. The summed E-state index contributed by atoms with van der Waals surface area (Å²) < 4.78 is 14.9. The molecule has 4 atom stereocenters. The van der Waals surface area contributed by atoms with Crippen LogP contribution in [0.1, 0.15) is 48.5 Å². The molecule has 48 heavy (non-hydrogen) atoms. The first-order valence-corrected chi connectivity index (χ1v) is 16.8. The van der Waals surface area contributed by atoms with Gasteiger partial charge in [0.05, 0.1) is 24.5 Å². The first-order chi connectivity index (χ1) is 23.4. The second kappa shape index (κ2) is 15.4. The first-order valence-electron chi connectivity index (χ1n) is 15.8. The lowest BCUT2D eigenvalue weighted by Crippen LogP contribution is -2.38. The van der Waals surface area contributed by atoms with E-state index in [9.17, 15) is 15.0 Å². The predicted molar refractivity (Wildman–Crippen MR) is 182 cm³/mol. The van der Waals surface area contributed by atoms with E-state index in [1.165, 1.54) is 11.8 Å². The third kappa shape index (κ3) is 7.85. The number of carbonyl (C=O) groups is 1. The minimum atomic E-state index is -0.621. The van der Waals surface area contributed by atoms with Crippen LogP contribution >= 0.6 is 11.8 Å². The molecular formula is C36H38N6O5S. The van der Waals surface area contributed by atoms with Crippen molar-refractivity contribution in [2.45, 2.75) is 50.7 Å². The van der Waals surface area contributed by atoms with Crippen LogP contribution in [0.15, 0.2) is 102 Å². The van der Waals surface area contributed by atoms with Gasteiger partial charge in [0.15, 0.2) is 6.29 Å². The minimum Gasteiger partial charge on any atom is -0.508 e. The Morgan fingerprint density at radius 1 is 0.896 bits per heavy atom. The average Bonchev–Trinajstić information content (AvgIpc) is 3.60. The zero-order valence-electron chi connectivity index (χ0n) is 26.7. The van der Waals surface area contributed by atoms with Crippen molar-refractivity contribution in [2.75, 3.05) is 12.3 Å². The Balaban J connectivity index is 1.21. The van der Waals surface area contributed by atoms with E-state index in [0.29, 0.717) is 24.0 Å². The van der Waals surface area contributed by atoms with Crippen molar-refractivity contribution < 1.29 is 24.5 Å². The van der Waals surface area contributed by atoms with Crippen molar-refractivity contribution >= 4 is 17.8 Å². The van der Waals surface area contributed by atoms with Gasteiger partial charge < -0.3 is 30.3 Å². The fourth-order valence-corrected chi connectivity index (χ4v) is 6.64. The van der Waals surface area contributed by atoms with Gasteiger partial charge in [-0.15, -0.1) is 5.10 Å². The number of thioether (sulfide) groups is 1. The number of nitrogens with one attached hydrogen (secondary N) is 2. The average molecular weight is 667 g/mol. The predicted octanol–water partition coefficient (Wildman–Crippen LogP) is 5.93. The van der Waals surface area contributed by atoms with Crippen LogP contribution in [0.25, 0.3) is 16.8 Å². The number of tetrazole rings is 1. The summed E-state index contributed by atoms with van der Waals surface area (Å²) in [5, 5.41) is 37.8. The SMILES string of the molecule is CCNC(=O)NCc1cccc(-c2ccc([C@@H]3O[C@H](CSc4nnnn4-c4ccc(O)cc4)[C@H](C)[C@H](c4ccc(CO)cc4)O3)cc2)c1. The van der Waals surface area contributed by atoms with E-state index in [0.717, 1.165) is 39.1 Å². The van der Waals surface area contributed by atoms with Gasteiger partial charge in [0.25, 0.3) is 0 Å². The van der Waals surface area contributed by atoms with Gasteiger partial charge >= 0.3 is 6.03 Å². The molecule has 0 unspecified atom stereocenters. The smallest absolute Gasteiger partial charge is 0.315 e. The maximum absolute atomic E-state index is 11.9. The van der Waals surface area contributed by atoms with Crippen LogP contribution in [0.3, 0.4) is 0 Å². The summed E-state index contributed by atoms with van der Waals surface area (Å²) in [5.41, 5.74) is 6.55. The number of rotatable bonds is 11. The number of urea groups is 1. The lowest BCUT2D eigenvalue weighted by molar-refractivity contribution is -0.268. The number of hydrogen-bond acceptors (Lipinski definition) is 9. The largest absolute Gasteiger partial charge is 0.508 e. The maximum Gasteiger partial charge on any atom is 0.315 e. The van der Waals surface area contributed by atoms with Gasteiger partial charge in [-0.25, -0.2) is 4.79 Å². The number of carbonyl (C=O) groups excluding carboxylic acids is 1. The first kappa shape index (κ1) is 33.2. The van der Waals surface area contributed by atoms with Gasteiger partial charge in [-0.3, -0.25) is 0 Å². The Labute approximate surface area is 283 Å². The summed E-state index contributed by atoms with van der Waals surface area (Å²) in [6.45, 7) is 4.98. The molecular weight excluding hydrogens is 629 g/mol. The molecule has 248 valence electrons. The van der Waals surface area contributed by atoms with Crippen LogP contribution in [0.2, 0.25) is 0 Å². The highest BCUT2D eigenvalue weighted by molar-refractivity contribution is 7.99. The number of aliphatic hydroxyl groups is 1. The number of amides is 2. The van der Waals surface area contributed by atoms with Crippen LogP contribution in [-0.4, -0.2) is 54.9 Å². The molecule has 0 bridgehead atoms. The van der Waals surface area contributed by atoms with Gasteiger partial charge in [0.1, 0.15) is 5.75 Å². The monoisotopic (exact) mass is 666 g/mol. The fraction of sp³-hybridized carbons (Fsp3) is 0.278. The highest BCUT2D eigenvalue weighted by Gasteiger charge is 2.38. The fourth-order valence-electron chi connectivity index (χ4n) is 5.59. The molecule has 0 saturated carbocycles. The zero-order chi connectivity index (χ0) is 33.5. The van der Waals surface area contributed by atoms with Gasteiger partial charge in [-0.05, 0) is 75.5 Å². The molecule has 1 fully saturated rings. The lowest BCUT2D eigenvalue weighted by atomic mass is 9.91. The Morgan fingerprint density at radius 3 is 2.38 bits per heavy atom. The summed E-state index contributed by atoms with van der Waals surface area (Å²) in [6.07, 6.45) is -1.09. The summed E-state index contributed by atoms with van der Waals surface area (Å²) in [7, 11) is 0. The molecule has 1 aliphatic heterocycles. The third-order valence-corrected chi connectivity index (χ3v) is 9.28. The number of ether oxygens (including phenoxy) is 2. The number of hydrogen-bond donors (Lipinski definition) is 4. The summed E-state index contributed by atoms with van der Waals surface area (Å²) in [4.78, 5) is 11.9. The van der Waals surface area contributed by atoms with Crippen LogP contribution in [0.5, 0.6) is 5.75 Å². The van der Waals surface area contributed by atoms with Gasteiger partial charge in [-0.2, -0.15) is 4.68 Å². The van der Waals surface area contributed by atoms with Crippen molar-refractivity contribution in [3.63, 3.8) is 0 Å². The second-order valence-corrected chi connectivity index (χ2v) is 12.5. The van der Waals surface area contributed by atoms with Crippen LogP contribution < -0.4 is 10.6 Å². The topological polar surface area (TPSA) is 144 Å². The molecule has 2 heterocycles. The molecule has 0 radical (unpaired) electrons. The Bertz CT molecular complexity index is 1800. The normalized spacial score (nSPS) is 19.1. The van der Waals surface area contributed by atoms with E-state index >= 15 is 0 Å². The van der Waals surface area contributed by atoms with Crippen LogP contribution in [-0.2, 0) is 22.6 Å². The van der Waals surface area contributed by atoms with E-state index in [2.05, 4.69) is 51.3 Å². The number of phenolic OH excluding ortho intramolecular Hbond substituents is 1. The second-order valence-electron chi connectivity index (χ2n) is 11.6. The van der Waals surface area contributed by atoms with E-state index < -0.39 is 6.29 Å². The number of benzene rings is 4. The number of aromatic hydroxyl groups is 1. The number of nitrogens with zero attached hydrogens (tertiary/aromatic N) is 4. The number of aromatic nitrogens is 4. The van der Waals surface area contributed by atoms with Gasteiger partial charge in [0.2, 0.25) is 5.16 Å². The Hall–Kier alpha value is -4.75. The van der Waals surface area contributed by atoms with Crippen LogP contribution in [0.4, 0.5) is 4.79 Å². The highest BCUT2D eigenvalue weighted by Crippen LogP contribution is 2.43. The number of phenols is 1. The summed E-state index contributed by atoms with van der Waals surface area (Å²) in [5.74, 6) is 0.725. The highest BCUT2D eigenvalue weighted by atomic mass is 32.2. The Morgan fingerprint density at radius 2 is 1.65 bits per heavy atom. The van der Waals surface area contributed by atoms with E-state index in [1.807, 2.05) is 61.5 Å².